The summed E-state index contributed by atoms with van der Waals surface area (Å²) in [5.41, 5.74) is 3.47. The van der Waals surface area contributed by atoms with Crippen LogP contribution >= 0.6 is 11.6 Å². The predicted octanol–water partition coefficient (Wildman–Crippen LogP) is 6.04. The van der Waals surface area contributed by atoms with Crippen molar-refractivity contribution >= 4 is 17.3 Å². The number of aromatic nitrogens is 2. The van der Waals surface area contributed by atoms with Crippen molar-refractivity contribution in [2.45, 2.75) is 13.0 Å². The van der Waals surface area contributed by atoms with Crippen LogP contribution in [0.3, 0.4) is 0 Å². The smallest absolute Gasteiger partial charge is 0.247 e. The maximum atomic E-state index is 13.6. The molecule has 28 heavy (non-hydrogen) atoms. The second-order valence-corrected chi connectivity index (χ2v) is 6.83. The summed E-state index contributed by atoms with van der Waals surface area (Å²) in [6, 6.07) is 21.1. The molecule has 1 N–H and O–H groups in total. The van der Waals surface area contributed by atoms with Crippen LogP contribution in [0.5, 0.6) is 0 Å². The van der Waals surface area contributed by atoms with Crippen molar-refractivity contribution in [2.75, 3.05) is 5.32 Å². The van der Waals surface area contributed by atoms with E-state index < -0.39 is 11.9 Å². The normalized spacial score (nSPS) is 12.0. The fourth-order valence-electron chi connectivity index (χ4n) is 2.87. The highest BCUT2D eigenvalue weighted by molar-refractivity contribution is 6.31. The Labute approximate surface area is 167 Å². The number of hydrogen-bond acceptors (Lipinski definition) is 4. The summed E-state index contributed by atoms with van der Waals surface area (Å²) in [5, 5.41) is 12.0. The van der Waals surface area contributed by atoms with Crippen LogP contribution < -0.4 is 5.32 Å². The van der Waals surface area contributed by atoms with Gasteiger partial charge in [-0.05, 0) is 43.3 Å². The Morgan fingerprint density at radius 3 is 2.43 bits per heavy atom. The van der Waals surface area contributed by atoms with Gasteiger partial charge >= 0.3 is 0 Å². The Kier molecular flexibility index (Phi) is 5.08. The van der Waals surface area contributed by atoms with Crippen LogP contribution in [0.4, 0.5) is 10.1 Å². The van der Waals surface area contributed by atoms with Gasteiger partial charge in [-0.2, -0.15) is 0 Å². The molecule has 0 fully saturated rings. The molecule has 0 aliphatic heterocycles. The average Bonchev–Trinajstić information content (AvgIpc) is 3.19. The van der Waals surface area contributed by atoms with E-state index in [0.29, 0.717) is 17.3 Å². The summed E-state index contributed by atoms with van der Waals surface area (Å²) >= 11 is 6.32. The van der Waals surface area contributed by atoms with Crippen molar-refractivity contribution in [1.29, 1.82) is 0 Å². The van der Waals surface area contributed by atoms with Gasteiger partial charge in [0.2, 0.25) is 11.8 Å². The monoisotopic (exact) mass is 393 g/mol. The first kappa shape index (κ1) is 18.2. The van der Waals surface area contributed by atoms with Crippen LogP contribution in [0.2, 0.25) is 5.02 Å². The molecule has 3 aromatic carbocycles. The molecular weight excluding hydrogens is 377 g/mol. The maximum Gasteiger partial charge on any atom is 0.247 e. The van der Waals surface area contributed by atoms with Crippen LogP contribution in [0.1, 0.15) is 23.1 Å². The number of nitrogens with zero attached hydrogens (tertiary/aromatic N) is 2. The lowest BCUT2D eigenvalue weighted by molar-refractivity contribution is 0.494. The third-order valence-corrected chi connectivity index (χ3v) is 4.67. The highest BCUT2D eigenvalue weighted by atomic mass is 35.5. The lowest BCUT2D eigenvalue weighted by atomic mass is 10.1. The molecule has 0 unspecified atom stereocenters. The number of nitrogens with one attached hydrogen (secondary N) is 1. The minimum absolute atomic E-state index is 0.282. The van der Waals surface area contributed by atoms with E-state index in [4.69, 9.17) is 16.0 Å². The van der Waals surface area contributed by atoms with Gasteiger partial charge in [0.15, 0.2) is 0 Å². The summed E-state index contributed by atoms with van der Waals surface area (Å²) in [6.07, 6.45) is 0. The van der Waals surface area contributed by atoms with Gasteiger partial charge in [-0.1, -0.05) is 53.6 Å². The van der Waals surface area contributed by atoms with Crippen molar-refractivity contribution in [2.24, 2.45) is 0 Å². The van der Waals surface area contributed by atoms with Gasteiger partial charge in [-0.3, -0.25) is 0 Å². The quantitative estimate of drug-likeness (QED) is 0.449. The van der Waals surface area contributed by atoms with Crippen molar-refractivity contribution < 1.29 is 8.81 Å². The van der Waals surface area contributed by atoms with Crippen LogP contribution in [0.25, 0.3) is 11.5 Å². The molecule has 0 radical (unpaired) electrons. The Bertz CT molecular complexity index is 1080. The van der Waals surface area contributed by atoms with Crippen molar-refractivity contribution in [3.63, 3.8) is 0 Å². The first-order valence-corrected chi connectivity index (χ1v) is 9.15. The fourth-order valence-corrected chi connectivity index (χ4v) is 3.15. The van der Waals surface area contributed by atoms with E-state index in [-0.39, 0.29) is 5.02 Å². The largest absolute Gasteiger partial charge is 0.418 e. The fraction of sp³-hybridized carbons (Fsp3) is 0.0909. The van der Waals surface area contributed by atoms with Crippen LogP contribution in [0, 0.1) is 12.7 Å². The van der Waals surface area contributed by atoms with E-state index in [1.807, 2.05) is 61.5 Å². The highest BCUT2D eigenvalue weighted by Gasteiger charge is 2.24. The van der Waals surface area contributed by atoms with Gasteiger partial charge in [-0.15, -0.1) is 10.2 Å². The minimum Gasteiger partial charge on any atom is -0.418 e. The molecule has 0 saturated carbocycles. The highest BCUT2D eigenvalue weighted by Crippen LogP contribution is 2.32. The molecule has 0 spiro atoms. The van der Waals surface area contributed by atoms with Crippen molar-refractivity contribution in [1.82, 2.24) is 10.2 Å². The topological polar surface area (TPSA) is 51.0 Å². The first-order chi connectivity index (χ1) is 13.6. The van der Waals surface area contributed by atoms with Gasteiger partial charge in [0.1, 0.15) is 11.9 Å². The number of rotatable bonds is 5. The molecule has 1 atom stereocenters. The van der Waals surface area contributed by atoms with E-state index in [2.05, 4.69) is 15.5 Å². The molecule has 1 aromatic heterocycles. The van der Waals surface area contributed by atoms with E-state index >= 15 is 0 Å². The Balaban J connectivity index is 1.74. The van der Waals surface area contributed by atoms with Gasteiger partial charge in [-0.25, -0.2) is 4.39 Å². The van der Waals surface area contributed by atoms with Gasteiger partial charge < -0.3 is 9.73 Å². The molecule has 1 heterocycles. The molecule has 0 amide bonds. The summed E-state index contributed by atoms with van der Waals surface area (Å²) in [4.78, 5) is 0. The summed E-state index contributed by atoms with van der Waals surface area (Å²) in [7, 11) is 0. The Morgan fingerprint density at radius 2 is 1.71 bits per heavy atom. The van der Waals surface area contributed by atoms with E-state index in [1.54, 1.807) is 6.07 Å². The molecule has 4 aromatic rings. The number of aryl methyl sites for hydroxylation is 1. The average molecular weight is 394 g/mol. The summed E-state index contributed by atoms with van der Waals surface area (Å²) in [6.45, 7) is 2.02. The van der Waals surface area contributed by atoms with Crippen molar-refractivity contribution in [3.05, 3.63) is 101 Å². The minimum atomic E-state index is -0.527. The third-order valence-electron chi connectivity index (χ3n) is 4.34. The predicted molar refractivity (Wildman–Crippen MR) is 108 cm³/mol. The molecule has 0 bridgehead atoms. The zero-order chi connectivity index (χ0) is 19.5. The van der Waals surface area contributed by atoms with E-state index in [1.165, 1.54) is 12.1 Å². The molecule has 0 aliphatic rings. The zero-order valence-electron chi connectivity index (χ0n) is 15.1. The number of hydrogen-bond donors (Lipinski definition) is 1. The SMILES string of the molecule is Cc1ccc(N[C@@H](c2nnc(-c3ccccc3)o2)c2ccc(F)cc2Cl)cc1. The number of halogens is 2. The van der Waals surface area contributed by atoms with E-state index in [9.17, 15) is 4.39 Å². The lowest BCUT2D eigenvalue weighted by Crippen LogP contribution is -2.13. The second-order valence-electron chi connectivity index (χ2n) is 6.42. The Hall–Kier alpha value is -3.18. The number of anilines is 1. The summed E-state index contributed by atoms with van der Waals surface area (Å²) < 4.78 is 19.5. The van der Waals surface area contributed by atoms with Gasteiger partial charge in [0, 0.05) is 21.8 Å². The van der Waals surface area contributed by atoms with Gasteiger partial charge in [0.05, 0.1) is 0 Å². The molecule has 0 aliphatic carbocycles. The maximum absolute atomic E-state index is 13.6. The molecule has 6 heteroatoms. The van der Waals surface area contributed by atoms with Crippen LogP contribution in [-0.4, -0.2) is 10.2 Å². The first-order valence-electron chi connectivity index (χ1n) is 8.77. The summed E-state index contributed by atoms with van der Waals surface area (Å²) in [5.74, 6) is 0.343. The lowest BCUT2D eigenvalue weighted by Gasteiger charge is -2.18. The van der Waals surface area contributed by atoms with Crippen LogP contribution in [0.15, 0.2) is 77.2 Å². The molecule has 0 saturated heterocycles. The molecule has 4 nitrogen and oxygen atoms in total. The zero-order valence-corrected chi connectivity index (χ0v) is 15.8. The second kappa shape index (κ2) is 7.82. The van der Waals surface area contributed by atoms with Crippen molar-refractivity contribution in [3.8, 4) is 11.5 Å². The Morgan fingerprint density at radius 1 is 0.964 bits per heavy atom. The number of benzene rings is 3. The van der Waals surface area contributed by atoms with E-state index in [0.717, 1.165) is 16.8 Å². The molecule has 4 rings (SSSR count). The molecular formula is C22H17ClFN3O. The third kappa shape index (κ3) is 3.89. The standard InChI is InChI=1S/C22H17ClFN3O/c1-14-7-10-17(11-8-14)25-20(18-12-9-16(24)13-19(18)23)22-27-26-21(28-22)15-5-3-2-4-6-15/h2-13,20,25H,1H3/t20-/m1/s1. The van der Waals surface area contributed by atoms with Crippen LogP contribution in [-0.2, 0) is 0 Å². The van der Waals surface area contributed by atoms with Gasteiger partial charge in [0.25, 0.3) is 0 Å². The molecule has 140 valence electrons.